The zero-order valence-electron chi connectivity index (χ0n) is 12.1. The number of rotatable bonds is 6. The second kappa shape index (κ2) is 8.09. The normalized spacial score (nSPS) is 31.5. The second-order valence-electron chi connectivity index (χ2n) is 4.93. The summed E-state index contributed by atoms with van der Waals surface area (Å²) in [7, 11) is 1.42. The van der Waals surface area contributed by atoms with E-state index in [9.17, 15) is 10.2 Å². The van der Waals surface area contributed by atoms with Crippen LogP contribution < -0.4 is 0 Å². The summed E-state index contributed by atoms with van der Waals surface area (Å²) in [6.45, 7) is 0.152. The molecule has 0 aliphatic carbocycles. The number of hydrogen-bond donors (Lipinski definition) is 2. The van der Waals surface area contributed by atoms with Gasteiger partial charge in [-0.25, -0.2) is 0 Å². The summed E-state index contributed by atoms with van der Waals surface area (Å²) in [6.07, 6.45) is -4.98. The van der Waals surface area contributed by atoms with Gasteiger partial charge in [0.25, 0.3) is 0 Å². The lowest BCUT2D eigenvalue weighted by atomic mass is 9.98. The Morgan fingerprint density at radius 2 is 2.00 bits per heavy atom. The standard InChI is InChI=1S/C14H19N3O5/c1-20-14-13(21-8-9-5-3-2-4-6-9)12(19)11(18)10(22-14)7-16-17-15/h2-6,10-14,18-19H,7-8H2,1H3/t10-,11-,12+,13+,14+/m1/s1. The van der Waals surface area contributed by atoms with Gasteiger partial charge in [0.15, 0.2) is 6.29 Å². The maximum absolute atomic E-state index is 10.2. The Labute approximate surface area is 127 Å². The topological polar surface area (TPSA) is 117 Å². The van der Waals surface area contributed by atoms with Crippen molar-refractivity contribution in [3.63, 3.8) is 0 Å². The Morgan fingerprint density at radius 3 is 2.64 bits per heavy atom. The quantitative estimate of drug-likeness (QED) is 0.461. The number of azide groups is 1. The monoisotopic (exact) mass is 309 g/mol. The van der Waals surface area contributed by atoms with Crippen LogP contribution in [0.3, 0.4) is 0 Å². The summed E-state index contributed by atoms with van der Waals surface area (Å²) >= 11 is 0. The number of hydrogen-bond acceptors (Lipinski definition) is 6. The molecule has 1 aromatic rings. The fraction of sp³-hybridized carbons (Fsp3) is 0.571. The predicted molar refractivity (Wildman–Crippen MR) is 76.7 cm³/mol. The van der Waals surface area contributed by atoms with Gasteiger partial charge < -0.3 is 24.4 Å². The molecule has 8 heteroatoms. The minimum atomic E-state index is -1.22. The zero-order valence-corrected chi connectivity index (χ0v) is 12.1. The molecule has 5 atom stereocenters. The Hall–Kier alpha value is -1.67. The molecule has 8 nitrogen and oxygen atoms in total. The Morgan fingerprint density at radius 1 is 1.27 bits per heavy atom. The van der Waals surface area contributed by atoms with Crippen LogP contribution in [0, 0.1) is 0 Å². The van der Waals surface area contributed by atoms with E-state index >= 15 is 0 Å². The first-order valence-electron chi connectivity index (χ1n) is 6.88. The largest absolute Gasteiger partial charge is 0.388 e. The first kappa shape index (κ1) is 16.7. The van der Waals surface area contributed by atoms with E-state index in [1.54, 1.807) is 0 Å². The molecule has 0 spiro atoms. The minimum absolute atomic E-state index is 0.0972. The number of nitrogens with zero attached hydrogens (tertiary/aromatic N) is 3. The minimum Gasteiger partial charge on any atom is -0.388 e. The summed E-state index contributed by atoms with van der Waals surface area (Å²) in [5.41, 5.74) is 9.26. The van der Waals surface area contributed by atoms with Gasteiger partial charge in [0.1, 0.15) is 18.3 Å². The van der Waals surface area contributed by atoms with Crippen molar-refractivity contribution in [2.24, 2.45) is 5.11 Å². The van der Waals surface area contributed by atoms with Crippen LogP contribution in [0.25, 0.3) is 10.4 Å². The van der Waals surface area contributed by atoms with Gasteiger partial charge in [0, 0.05) is 12.0 Å². The van der Waals surface area contributed by atoms with E-state index in [4.69, 9.17) is 19.7 Å². The van der Waals surface area contributed by atoms with Gasteiger partial charge in [-0.3, -0.25) is 0 Å². The van der Waals surface area contributed by atoms with Crippen molar-refractivity contribution < 1.29 is 24.4 Å². The third-order valence-corrected chi connectivity index (χ3v) is 3.49. The van der Waals surface area contributed by atoms with E-state index in [2.05, 4.69) is 10.0 Å². The van der Waals surface area contributed by atoms with Crippen molar-refractivity contribution in [1.29, 1.82) is 0 Å². The summed E-state index contributed by atoms with van der Waals surface area (Å²) in [5, 5.41) is 23.6. The van der Waals surface area contributed by atoms with Crippen molar-refractivity contribution in [3.8, 4) is 0 Å². The van der Waals surface area contributed by atoms with E-state index in [1.165, 1.54) is 7.11 Å². The molecule has 0 saturated carbocycles. The van der Waals surface area contributed by atoms with Gasteiger partial charge in [-0.1, -0.05) is 35.4 Å². The lowest BCUT2D eigenvalue weighted by Gasteiger charge is -2.41. The molecule has 1 aliphatic heterocycles. The maximum Gasteiger partial charge on any atom is 0.186 e. The van der Waals surface area contributed by atoms with Crippen molar-refractivity contribution >= 4 is 0 Å². The first-order valence-corrected chi connectivity index (χ1v) is 6.88. The fourth-order valence-electron chi connectivity index (χ4n) is 2.31. The van der Waals surface area contributed by atoms with Crippen molar-refractivity contribution in [3.05, 3.63) is 46.3 Å². The van der Waals surface area contributed by atoms with Crippen LogP contribution in [0.1, 0.15) is 5.56 Å². The van der Waals surface area contributed by atoms with Gasteiger partial charge in [0.05, 0.1) is 19.3 Å². The zero-order chi connectivity index (χ0) is 15.9. The van der Waals surface area contributed by atoms with Crippen LogP contribution in [0.5, 0.6) is 0 Å². The average Bonchev–Trinajstić information content (AvgIpc) is 2.56. The molecule has 2 rings (SSSR count). The second-order valence-corrected chi connectivity index (χ2v) is 4.93. The lowest BCUT2D eigenvalue weighted by Crippen LogP contribution is -2.59. The van der Waals surface area contributed by atoms with E-state index < -0.39 is 30.7 Å². The third-order valence-electron chi connectivity index (χ3n) is 3.49. The highest BCUT2D eigenvalue weighted by atomic mass is 16.7. The number of methoxy groups -OCH3 is 1. The molecule has 0 unspecified atom stereocenters. The maximum atomic E-state index is 10.2. The molecule has 1 heterocycles. The Kier molecular flexibility index (Phi) is 6.14. The summed E-state index contributed by atoms with van der Waals surface area (Å²) in [4.78, 5) is 2.62. The lowest BCUT2D eigenvalue weighted by molar-refractivity contribution is -0.299. The van der Waals surface area contributed by atoms with E-state index in [-0.39, 0.29) is 13.2 Å². The Balaban J connectivity index is 2.02. The molecule has 2 N–H and O–H groups in total. The molecule has 1 aromatic carbocycles. The van der Waals surface area contributed by atoms with Gasteiger partial charge >= 0.3 is 0 Å². The molecule has 120 valence electrons. The SMILES string of the molecule is CO[C@H]1O[C@H](CN=[N+]=[N-])[C@@H](O)[C@H](O)[C@@H]1OCc1ccccc1. The third kappa shape index (κ3) is 3.95. The molecular formula is C14H19N3O5. The highest BCUT2D eigenvalue weighted by molar-refractivity contribution is 5.13. The predicted octanol–water partition coefficient (Wildman–Crippen LogP) is 0.975. The van der Waals surface area contributed by atoms with E-state index in [1.807, 2.05) is 30.3 Å². The average molecular weight is 309 g/mol. The number of aliphatic hydroxyl groups excluding tert-OH is 2. The summed E-state index contributed by atoms with van der Waals surface area (Å²) < 4.78 is 16.3. The first-order chi connectivity index (χ1) is 10.7. The number of ether oxygens (including phenoxy) is 3. The van der Waals surface area contributed by atoms with Crippen LogP contribution in [-0.4, -0.2) is 54.6 Å². The van der Waals surface area contributed by atoms with Gasteiger partial charge in [-0.15, -0.1) is 0 Å². The highest BCUT2D eigenvalue weighted by Crippen LogP contribution is 2.25. The van der Waals surface area contributed by atoms with Gasteiger partial charge in [0.2, 0.25) is 0 Å². The van der Waals surface area contributed by atoms with Crippen LogP contribution in [0.4, 0.5) is 0 Å². The van der Waals surface area contributed by atoms with E-state index in [0.29, 0.717) is 0 Å². The smallest absolute Gasteiger partial charge is 0.186 e. The van der Waals surface area contributed by atoms with Crippen molar-refractivity contribution in [2.75, 3.05) is 13.7 Å². The van der Waals surface area contributed by atoms with Crippen molar-refractivity contribution in [2.45, 2.75) is 37.3 Å². The number of aliphatic hydroxyl groups is 2. The van der Waals surface area contributed by atoms with Crippen LogP contribution in [-0.2, 0) is 20.8 Å². The van der Waals surface area contributed by atoms with Gasteiger partial charge in [-0.2, -0.15) is 0 Å². The summed E-state index contributed by atoms with van der Waals surface area (Å²) in [5.74, 6) is 0. The van der Waals surface area contributed by atoms with E-state index in [0.717, 1.165) is 5.56 Å². The molecule has 0 radical (unpaired) electrons. The Bertz CT molecular complexity index is 506. The van der Waals surface area contributed by atoms with Gasteiger partial charge in [-0.05, 0) is 11.1 Å². The molecule has 0 aromatic heterocycles. The van der Waals surface area contributed by atoms with Crippen LogP contribution in [0.15, 0.2) is 35.4 Å². The molecule has 1 aliphatic rings. The molecule has 1 fully saturated rings. The molecular weight excluding hydrogens is 290 g/mol. The fourth-order valence-corrected chi connectivity index (χ4v) is 2.31. The van der Waals surface area contributed by atoms with Crippen LogP contribution >= 0.6 is 0 Å². The van der Waals surface area contributed by atoms with Crippen molar-refractivity contribution in [1.82, 2.24) is 0 Å². The molecule has 0 amide bonds. The van der Waals surface area contributed by atoms with Crippen LogP contribution in [0.2, 0.25) is 0 Å². The number of benzene rings is 1. The molecule has 0 bridgehead atoms. The highest BCUT2D eigenvalue weighted by Gasteiger charge is 2.45. The molecule has 22 heavy (non-hydrogen) atoms. The molecule has 1 saturated heterocycles. The summed E-state index contributed by atoms with van der Waals surface area (Å²) in [6, 6.07) is 9.43.